The Morgan fingerprint density at radius 3 is 2.29 bits per heavy atom. The van der Waals surface area contributed by atoms with Gasteiger partial charge in [0.1, 0.15) is 11.9 Å². The van der Waals surface area contributed by atoms with Crippen LogP contribution in [0.3, 0.4) is 0 Å². The second-order valence-electron chi connectivity index (χ2n) is 5.55. The van der Waals surface area contributed by atoms with E-state index in [1.807, 2.05) is 30.3 Å². The van der Waals surface area contributed by atoms with Crippen LogP contribution >= 0.6 is 47.0 Å². The Kier molecular flexibility index (Phi) is 8.38. The van der Waals surface area contributed by atoms with Crippen molar-refractivity contribution >= 4 is 69.8 Å². The lowest BCUT2D eigenvalue weighted by molar-refractivity contribution is -0.117. The van der Waals surface area contributed by atoms with Crippen LogP contribution in [0.5, 0.6) is 5.75 Å². The zero-order valence-corrected chi connectivity index (χ0v) is 17.9. The molecule has 0 aliphatic heterocycles. The van der Waals surface area contributed by atoms with Crippen LogP contribution in [0.2, 0.25) is 0 Å². The van der Waals surface area contributed by atoms with Gasteiger partial charge >= 0.3 is 0 Å². The van der Waals surface area contributed by atoms with Crippen molar-refractivity contribution in [3.05, 3.63) is 66.2 Å². The minimum atomic E-state index is -1.83. The number of ether oxygens (including phenoxy) is 1. The van der Waals surface area contributed by atoms with Gasteiger partial charge in [-0.25, -0.2) is 0 Å². The molecule has 0 heterocycles. The Morgan fingerprint density at radius 1 is 1.07 bits per heavy atom. The number of halogens is 3. The lowest BCUT2D eigenvalue weighted by Crippen LogP contribution is -2.55. The molecule has 0 fully saturated rings. The largest absolute Gasteiger partial charge is 0.497 e. The summed E-state index contributed by atoms with van der Waals surface area (Å²) in [5, 5.41) is 8.49. The van der Waals surface area contributed by atoms with Crippen LogP contribution in [0.15, 0.2) is 60.7 Å². The van der Waals surface area contributed by atoms with Gasteiger partial charge in [0.15, 0.2) is 5.11 Å². The Morgan fingerprint density at radius 2 is 1.71 bits per heavy atom. The maximum atomic E-state index is 12.2. The maximum Gasteiger partial charge on any atom is 0.245 e. The summed E-state index contributed by atoms with van der Waals surface area (Å²) in [5.74, 6) is 0.265. The number of hydrogen-bond donors (Lipinski definition) is 3. The van der Waals surface area contributed by atoms with Crippen molar-refractivity contribution < 1.29 is 9.53 Å². The highest BCUT2D eigenvalue weighted by Crippen LogP contribution is 2.29. The third-order valence-electron chi connectivity index (χ3n) is 3.46. The molecule has 0 saturated carbocycles. The monoisotopic (exact) mass is 457 g/mol. The minimum absolute atomic E-state index is 0.175. The van der Waals surface area contributed by atoms with Crippen LogP contribution in [0.25, 0.3) is 6.08 Å². The average molecular weight is 459 g/mol. The Labute approximate surface area is 184 Å². The van der Waals surface area contributed by atoms with Crippen molar-refractivity contribution in [2.45, 2.75) is 9.96 Å². The van der Waals surface area contributed by atoms with Crippen LogP contribution in [-0.4, -0.2) is 28.1 Å². The fourth-order valence-electron chi connectivity index (χ4n) is 2.10. The summed E-state index contributed by atoms with van der Waals surface area (Å²) in [6, 6.07) is 16.4. The van der Waals surface area contributed by atoms with Crippen molar-refractivity contribution in [3.8, 4) is 5.75 Å². The topological polar surface area (TPSA) is 62.4 Å². The van der Waals surface area contributed by atoms with Crippen molar-refractivity contribution in [1.82, 2.24) is 10.6 Å². The SMILES string of the molecule is COc1ccc(NC(=S)N[C@@H](NC(=O)/C=C/c2ccccc2)C(Cl)(Cl)Cl)cc1. The first-order valence-corrected chi connectivity index (χ1v) is 9.64. The van der Waals surface area contributed by atoms with Gasteiger partial charge in [0.05, 0.1) is 7.11 Å². The third kappa shape index (κ3) is 7.56. The predicted octanol–water partition coefficient (Wildman–Crippen LogP) is 4.51. The van der Waals surface area contributed by atoms with E-state index < -0.39 is 15.9 Å². The fourth-order valence-corrected chi connectivity index (χ4v) is 2.66. The van der Waals surface area contributed by atoms with Gasteiger partial charge in [-0.05, 0) is 48.1 Å². The van der Waals surface area contributed by atoms with Gasteiger partial charge < -0.3 is 20.7 Å². The molecular weight excluding hydrogens is 441 g/mol. The molecule has 1 amide bonds. The van der Waals surface area contributed by atoms with E-state index in [4.69, 9.17) is 51.8 Å². The van der Waals surface area contributed by atoms with E-state index in [0.717, 1.165) is 5.56 Å². The standard InChI is InChI=1S/C19H18Cl3N3O2S/c1-27-15-10-8-14(9-11-15)23-18(28)25-17(19(20,21)22)24-16(26)12-7-13-5-3-2-4-6-13/h2-12,17H,1H3,(H,24,26)(H2,23,25,28)/b12-7+/t17-/m1/s1. The van der Waals surface area contributed by atoms with Gasteiger partial charge in [0.25, 0.3) is 0 Å². The molecule has 0 radical (unpaired) electrons. The quantitative estimate of drug-likeness (QED) is 0.257. The Balaban J connectivity index is 1.97. The van der Waals surface area contributed by atoms with Crippen LogP contribution in [0.1, 0.15) is 5.56 Å². The number of nitrogens with one attached hydrogen (secondary N) is 3. The average Bonchev–Trinajstić information content (AvgIpc) is 2.66. The molecular formula is C19H18Cl3N3O2S. The highest BCUT2D eigenvalue weighted by molar-refractivity contribution is 7.80. The third-order valence-corrected chi connectivity index (χ3v) is 4.34. The lowest BCUT2D eigenvalue weighted by Gasteiger charge is -2.27. The molecule has 0 unspecified atom stereocenters. The zero-order valence-electron chi connectivity index (χ0n) is 14.8. The number of alkyl halides is 3. The first kappa shape index (κ1) is 22.3. The number of amides is 1. The summed E-state index contributed by atoms with van der Waals surface area (Å²) in [5.41, 5.74) is 1.57. The number of hydrogen-bond acceptors (Lipinski definition) is 3. The fraction of sp³-hybridized carbons (Fsp3) is 0.158. The molecule has 2 aromatic carbocycles. The van der Waals surface area contributed by atoms with Gasteiger partial charge in [-0.2, -0.15) is 0 Å². The summed E-state index contributed by atoms with van der Waals surface area (Å²) >= 11 is 23.2. The second kappa shape index (κ2) is 10.5. The van der Waals surface area contributed by atoms with E-state index in [1.54, 1.807) is 37.5 Å². The van der Waals surface area contributed by atoms with Gasteiger partial charge in [0, 0.05) is 11.8 Å². The zero-order chi connectivity index (χ0) is 20.6. The minimum Gasteiger partial charge on any atom is -0.497 e. The summed E-state index contributed by atoms with van der Waals surface area (Å²) in [7, 11) is 1.58. The summed E-state index contributed by atoms with van der Waals surface area (Å²) in [4.78, 5) is 12.2. The number of rotatable bonds is 6. The summed E-state index contributed by atoms with van der Waals surface area (Å²) in [6.45, 7) is 0. The van der Waals surface area contributed by atoms with Crippen LogP contribution < -0.4 is 20.7 Å². The normalized spacial score (nSPS) is 12.3. The molecule has 148 valence electrons. The Bertz CT molecular complexity index is 825. The Hall–Kier alpha value is -1.99. The highest BCUT2D eigenvalue weighted by Gasteiger charge is 2.34. The van der Waals surface area contributed by atoms with Crippen LogP contribution in [-0.2, 0) is 4.79 Å². The molecule has 0 spiro atoms. The molecule has 2 rings (SSSR count). The highest BCUT2D eigenvalue weighted by atomic mass is 35.6. The molecule has 0 aliphatic rings. The number of carbonyl (C=O) groups excluding carboxylic acids is 1. The van der Waals surface area contributed by atoms with Crippen molar-refractivity contribution in [2.24, 2.45) is 0 Å². The molecule has 0 bridgehead atoms. The second-order valence-corrected chi connectivity index (χ2v) is 8.33. The van der Waals surface area contributed by atoms with Gasteiger partial charge in [-0.3, -0.25) is 4.79 Å². The number of thiocarbonyl (C=S) groups is 1. The van der Waals surface area contributed by atoms with E-state index in [1.165, 1.54) is 6.08 Å². The molecule has 28 heavy (non-hydrogen) atoms. The molecule has 2 aromatic rings. The molecule has 3 N–H and O–H groups in total. The number of anilines is 1. The number of methoxy groups -OCH3 is 1. The van der Waals surface area contributed by atoms with Gasteiger partial charge in [-0.15, -0.1) is 0 Å². The summed E-state index contributed by atoms with van der Waals surface area (Å²) in [6.07, 6.45) is 1.95. The molecule has 9 heteroatoms. The van der Waals surface area contributed by atoms with Crippen molar-refractivity contribution in [2.75, 3.05) is 12.4 Å². The predicted molar refractivity (Wildman–Crippen MR) is 120 cm³/mol. The first-order chi connectivity index (χ1) is 13.3. The van der Waals surface area contributed by atoms with Crippen LogP contribution in [0.4, 0.5) is 5.69 Å². The van der Waals surface area contributed by atoms with E-state index in [0.29, 0.717) is 11.4 Å². The van der Waals surface area contributed by atoms with E-state index in [-0.39, 0.29) is 5.11 Å². The van der Waals surface area contributed by atoms with E-state index in [9.17, 15) is 4.79 Å². The lowest BCUT2D eigenvalue weighted by atomic mass is 10.2. The molecule has 1 atom stereocenters. The number of benzene rings is 2. The van der Waals surface area contributed by atoms with Crippen molar-refractivity contribution in [3.63, 3.8) is 0 Å². The smallest absolute Gasteiger partial charge is 0.245 e. The number of carbonyl (C=O) groups is 1. The van der Waals surface area contributed by atoms with Gasteiger partial charge in [-0.1, -0.05) is 65.1 Å². The molecule has 0 aromatic heterocycles. The van der Waals surface area contributed by atoms with E-state index in [2.05, 4.69) is 16.0 Å². The van der Waals surface area contributed by atoms with Crippen molar-refractivity contribution in [1.29, 1.82) is 0 Å². The molecule has 0 aliphatic carbocycles. The van der Waals surface area contributed by atoms with Crippen LogP contribution in [0, 0.1) is 0 Å². The molecule has 5 nitrogen and oxygen atoms in total. The van der Waals surface area contributed by atoms with Gasteiger partial charge in [0.2, 0.25) is 9.70 Å². The molecule has 0 saturated heterocycles. The maximum absolute atomic E-state index is 12.2. The first-order valence-electron chi connectivity index (χ1n) is 8.10. The van der Waals surface area contributed by atoms with E-state index >= 15 is 0 Å². The summed E-state index contributed by atoms with van der Waals surface area (Å²) < 4.78 is 3.27.